The number of fused-ring (bicyclic) bond motifs is 1. The van der Waals surface area contributed by atoms with E-state index in [2.05, 4.69) is 26.8 Å². The fourth-order valence-electron chi connectivity index (χ4n) is 3.66. The van der Waals surface area contributed by atoms with Crippen LogP contribution >= 0.6 is 0 Å². The predicted octanol–water partition coefficient (Wildman–Crippen LogP) is 2.40. The summed E-state index contributed by atoms with van der Waals surface area (Å²) < 4.78 is 17.7. The van der Waals surface area contributed by atoms with Crippen LogP contribution in [0, 0.1) is 11.8 Å². The average Bonchev–Trinajstić information content (AvgIpc) is 3.42. The van der Waals surface area contributed by atoms with Crippen molar-refractivity contribution in [3.63, 3.8) is 0 Å². The number of nitrogen functional groups attached to an aromatic ring is 1. The van der Waals surface area contributed by atoms with E-state index in [1.165, 1.54) is 20.5 Å². The van der Waals surface area contributed by atoms with Crippen molar-refractivity contribution in [1.82, 2.24) is 29.6 Å². The van der Waals surface area contributed by atoms with Gasteiger partial charge in [0.1, 0.15) is 23.4 Å². The summed E-state index contributed by atoms with van der Waals surface area (Å²) in [5, 5.41) is 5.27. The smallest absolute Gasteiger partial charge is 0.410 e. The molecule has 1 aliphatic heterocycles. The standard InChI is InChI=1S/C23H27N7O4/c1-23(2,3)34-22(31)29-9-8-15(12-29)30-21-19(20(24)25-13-26-21)16(28-30)7-6-14-10-17(32-4)27-18(11-14)33-5/h10-11,13,15H,8-9,12H2,1-5H3,(H2,24,25,26). The molecule has 0 saturated carbocycles. The molecule has 0 bridgehead atoms. The molecule has 1 atom stereocenters. The number of amides is 1. The molecule has 0 radical (unpaired) electrons. The van der Waals surface area contributed by atoms with E-state index in [0.29, 0.717) is 53.6 Å². The highest BCUT2D eigenvalue weighted by atomic mass is 16.6. The summed E-state index contributed by atoms with van der Waals surface area (Å²) in [5.41, 5.74) is 7.26. The summed E-state index contributed by atoms with van der Waals surface area (Å²) in [5.74, 6) is 7.19. The Morgan fingerprint density at radius 2 is 1.85 bits per heavy atom. The monoisotopic (exact) mass is 465 g/mol. The zero-order valence-electron chi connectivity index (χ0n) is 19.8. The van der Waals surface area contributed by atoms with E-state index in [4.69, 9.17) is 25.0 Å². The summed E-state index contributed by atoms with van der Waals surface area (Å²) in [4.78, 5) is 26.9. The van der Waals surface area contributed by atoms with Gasteiger partial charge in [0.2, 0.25) is 11.8 Å². The molecule has 0 spiro atoms. The van der Waals surface area contributed by atoms with E-state index in [-0.39, 0.29) is 18.0 Å². The molecule has 2 N–H and O–H groups in total. The minimum Gasteiger partial charge on any atom is -0.481 e. The Balaban J connectivity index is 1.67. The summed E-state index contributed by atoms with van der Waals surface area (Å²) in [6.45, 7) is 6.54. The number of nitrogens with two attached hydrogens (primary N) is 1. The summed E-state index contributed by atoms with van der Waals surface area (Å²) >= 11 is 0. The van der Waals surface area contributed by atoms with Crippen LogP contribution in [0.1, 0.15) is 44.5 Å². The van der Waals surface area contributed by atoms with E-state index < -0.39 is 5.60 Å². The zero-order chi connectivity index (χ0) is 24.5. The molecule has 4 heterocycles. The number of likely N-dealkylation sites (tertiary alicyclic amines) is 1. The number of aromatic nitrogens is 5. The first-order chi connectivity index (χ1) is 16.2. The van der Waals surface area contributed by atoms with Crippen LogP contribution < -0.4 is 15.2 Å². The minimum atomic E-state index is -0.559. The molecule has 11 heteroatoms. The molecule has 0 aliphatic carbocycles. The highest BCUT2D eigenvalue weighted by Gasteiger charge is 2.32. The number of nitrogens with zero attached hydrogens (tertiary/aromatic N) is 6. The number of rotatable bonds is 3. The van der Waals surface area contributed by atoms with Crippen LogP contribution in [0.3, 0.4) is 0 Å². The van der Waals surface area contributed by atoms with Gasteiger partial charge in [-0.05, 0) is 33.1 Å². The van der Waals surface area contributed by atoms with Gasteiger partial charge in [-0.25, -0.2) is 19.4 Å². The molecular formula is C23H27N7O4. The van der Waals surface area contributed by atoms with Gasteiger partial charge in [-0.2, -0.15) is 10.1 Å². The highest BCUT2D eigenvalue weighted by Crippen LogP contribution is 2.29. The quantitative estimate of drug-likeness (QED) is 0.579. The lowest BCUT2D eigenvalue weighted by Crippen LogP contribution is -2.35. The molecule has 3 aromatic rings. The van der Waals surface area contributed by atoms with Gasteiger partial charge in [0, 0.05) is 30.8 Å². The molecule has 1 amide bonds. The molecular weight excluding hydrogens is 438 g/mol. The molecule has 1 aliphatic rings. The van der Waals surface area contributed by atoms with Crippen LogP contribution in [0.4, 0.5) is 10.6 Å². The lowest BCUT2D eigenvalue weighted by atomic mass is 10.2. The first-order valence-electron chi connectivity index (χ1n) is 10.8. The van der Waals surface area contributed by atoms with Crippen LogP contribution in [-0.2, 0) is 4.74 Å². The maximum atomic E-state index is 12.5. The van der Waals surface area contributed by atoms with Crippen molar-refractivity contribution in [2.24, 2.45) is 0 Å². The maximum Gasteiger partial charge on any atom is 0.410 e. The Bertz CT molecular complexity index is 1260. The second kappa shape index (κ2) is 9.05. The summed E-state index contributed by atoms with van der Waals surface area (Å²) in [7, 11) is 3.04. The zero-order valence-corrected chi connectivity index (χ0v) is 19.8. The van der Waals surface area contributed by atoms with Gasteiger partial charge in [0.25, 0.3) is 0 Å². The Labute approximate surface area is 197 Å². The molecule has 4 rings (SSSR count). The topological polar surface area (TPSA) is 131 Å². The third kappa shape index (κ3) is 4.80. The molecule has 1 saturated heterocycles. The normalized spacial score (nSPS) is 15.7. The molecule has 1 fully saturated rings. The van der Waals surface area contributed by atoms with Gasteiger partial charge in [-0.3, -0.25) is 0 Å². The van der Waals surface area contributed by atoms with Gasteiger partial charge >= 0.3 is 6.09 Å². The second-order valence-corrected chi connectivity index (χ2v) is 8.81. The molecule has 0 aromatic carbocycles. The van der Waals surface area contributed by atoms with Crippen molar-refractivity contribution in [3.8, 4) is 23.6 Å². The highest BCUT2D eigenvalue weighted by molar-refractivity contribution is 5.90. The molecule has 11 nitrogen and oxygen atoms in total. The Kier molecular flexibility index (Phi) is 6.15. The van der Waals surface area contributed by atoms with E-state index in [0.717, 1.165) is 0 Å². The van der Waals surface area contributed by atoms with Crippen molar-refractivity contribution < 1.29 is 19.0 Å². The van der Waals surface area contributed by atoms with Crippen LogP contribution in [0.15, 0.2) is 18.5 Å². The second-order valence-electron chi connectivity index (χ2n) is 8.81. The first-order valence-corrected chi connectivity index (χ1v) is 10.8. The lowest BCUT2D eigenvalue weighted by Gasteiger charge is -2.24. The summed E-state index contributed by atoms with van der Waals surface area (Å²) in [6, 6.07) is 3.30. The molecule has 178 valence electrons. The number of carbonyl (C=O) groups excluding carboxylic acids is 1. The van der Waals surface area contributed by atoms with Crippen molar-refractivity contribution in [2.75, 3.05) is 33.0 Å². The van der Waals surface area contributed by atoms with E-state index in [1.807, 2.05) is 20.8 Å². The van der Waals surface area contributed by atoms with Crippen molar-refractivity contribution in [1.29, 1.82) is 0 Å². The van der Waals surface area contributed by atoms with Crippen LogP contribution in [0.5, 0.6) is 11.8 Å². The third-order valence-electron chi connectivity index (χ3n) is 5.20. The van der Waals surface area contributed by atoms with Crippen molar-refractivity contribution in [2.45, 2.75) is 38.8 Å². The largest absolute Gasteiger partial charge is 0.481 e. The van der Waals surface area contributed by atoms with E-state index in [9.17, 15) is 4.79 Å². The average molecular weight is 466 g/mol. The lowest BCUT2D eigenvalue weighted by molar-refractivity contribution is 0.0288. The van der Waals surface area contributed by atoms with Gasteiger partial charge in [-0.1, -0.05) is 5.92 Å². The fourth-order valence-corrected chi connectivity index (χ4v) is 3.66. The predicted molar refractivity (Wildman–Crippen MR) is 125 cm³/mol. The molecule has 3 aromatic heterocycles. The number of ether oxygens (including phenoxy) is 3. The molecule has 1 unspecified atom stereocenters. The first kappa shape index (κ1) is 23.1. The number of carbonyl (C=O) groups is 1. The Morgan fingerprint density at radius 3 is 2.50 bits per heavy atom. The Morgan fingerprint density at radius 1 is 1.15 bits per heavy atom. The fraction of sp³-hybridized carbons (Fsp3) is 0.435. The maximum absolute atomic E-state index is 12.5. The Hall–Kier alpha value is -4.07. The van der Waals surface area contributed by atoms with Crippen LogP contribution in [-0.4, -0.2) is 68.6 Å². The van der Waals surface area contributed by atoms with E-state index in [1.54, 1.807) is 21.7 Å². The number of pyridine rings is 1. The van der Waals surface area contributed by atoms with Gasteiger partial charge in [-0.15, -0.1) is 0 Å². The number of methoxy groups -OCH3 is 2. The molecule has 34 heavy (non-hydrogen) atoms. The third-order valence-corrected chi connectivity index (χ3v) is 5.20. The SMILES string of the molecule is COc1cc(C#Cc2nn(C3CCN(C(=O)OC(C)(C)C)C3)c3ncnc(N)c23)cc(OC)n1. The van der Waals surface area contributed by atoms with Gasteiger partial charge < -0.3 is 24.8 Å². The number of hydrogen-bond donors (Lipinski definition) is 1. The van der Waals surface area contributed by atoms with Gasteiger partial charge in [0.05, 0.1) is 25.6 Å². The van der Waals surface area contributed by atoms with Gasteiger partial charge in [0.15, 0.2) is 5.65 Å². The van der Waals surface area contributed by atoms with E-state index >= 15 is 0 Å². The number of hydrogen-bond acceptors (Lipinski definition) is 9. The minimum absolute atomic E-state index is 0.0963. The van der Waals surface area contributed by atoms with Crippen LogP contribution in [0.25, 0.3) is 11.0 Å². The summed E-state index contributed by atoms with van der Waals surface area (Å²) in [6.07, 6.45) is 1.75. The van der Waals surface area contributed by atoms with Crippen LogP contribution in [0.2, 0.25) is 0 Å². The number of anilines is 1. The van der Waals surface area contributed by atoms with Crippen molar-refractivity contribution >= 4 is 22.9 Å². The van der Waals surface area contributed by atoms with Crippen molar-refractivity contribution in [3.05, 3.63) is 29.7 Å².